The summed E-state index contributed by atoms with van der Waals surface area (Å²) in [6.45, 7) is 2.33. The maximum atomic E-state index is 13.1. The Kier molecular flexibility index (Phi) is 4.03. The third-order valence-electron chi connectivity index (χ3n) is 4.87. The lowest BCUT2D eigenvalue weighted by Gasteiger charge is -2.15. The van der Waals surface area contributed by atoms with Gasteiger partial charge in [0.1, 0.15) is 11.6 Å². The molecule has 1 aliphatic rings. The van der Waals surface area contributed by atoms with Gasteiger partial charge in [-0.1, -0.05) is 30.3 Å². The van der Waals surface area contributed by atoms with Crippen molar-refractivity contribution in [3.05, 3.63) is 77.6 Å². The van der Waals surface area contributed by atoms with Crippen LogP contribution in [-0.4, -0.2) is 27.2 Å². The van der Waals surface area contributed by atoms with E-state index in [2.05, 4.69) is 27.5 Å². The summed E-state index contributed by atoms with van der Waals surface area (Å²) in [6.07, 6.45) is 2.13. The number of nitrogens with zero attached hydrogens (tertiary/aromatic N) is 3. The van der Waals surface area contributed by atoms with E-state index in [-0.39, 0.29) is 23.0 Å². The second kappa shape index (κ2) is 6.37. The number of carbonyl (C=O) groups excluding carboxylic acids is 1. The Hall–Kier alpha value is -3.02. The average molecular weight is 350 g/mol. The zero-order valence-electron chi connectivity index (χ0n) is 14.4. The van der Waals surface area contributed by atoms with Crippen LogP contribution in [0.5, 0.6) is 0 Å². The van der Waals surface area contributed by atoms with Gasteiger partial charge in [-0.15, -0.1) is 5.10 Å². The summed E-state index contributed by atoms with van der Waals surface area (Å²) >= 11 is 0. The van der Waals surface area contributed by atoms with Gasteiger partial charge in [-0.2, -0.15) is 0 Å². The fraction of sp³-hybridized carbons (Fsp3) is 0.250. The molecular formula is C20H19FN4O. The van der Waals surface area contributed by atoms with Gasteiger partial charge in [0.25, 0.3) is 5.91 Å². The lowest BCUT2D eigenvalue weighted by atomic mass is 9.96. The first-order valence-electron chi connectivity index (χ1n) is 8.61. The molecule has 5 nitrogen and oxygen atoms in total. The maximum absolute atomic E-state index is 13.1. The van der Waals surface area contributed by atoms with Crippen LogP contribution in [0.3, 0.4) is 0 Å². The molecular weight excluding hydrogens is 331 g/mol. The van der Waals surface area contributed by atoms with Gasteiger partial charge in [-0.3, -0.25) is 4.79 Å². The number of rotatable bonds is 5. The fourth-order valence-electron chi connectivity index (χ4n) is 3.15. The van der Waals surface area contributed by atoms with Gasteiger partial charge in [0.15, 0.2) is 0 Å². The maximum Gasteiger partial charge on any atom is 0.291 e. The molecule has 4 rings (SSSR count). The highest BCUT2D eigenvalue weighted by Crippen LogP contribution is 2.47. The largest absolute Gasteiger partial charge is 0.348 e. The molecule has 1 N–H and O–H groups in total. The Morgan fingerprint density at radius 2 is 1.85 bits per heavy atom. The van der Waals surface area contributed by atoms with Gasteiger partial charge in [-0.05, 0) is 49.6 Å². The summed E-state index contributed by atoms with van der Waals surface area (Å²) in [4.78, 5) is 16.7. The zero-order valence-corrected chi connectivity index (χ0v) is 14.4. The monoisotopic (exact) mass is 350 g/mol. The topological polar surface area (TPSA) is 59.8 Å². The molecule has 1 heterocycles. The lowest BCUT2D eigenvalue weighted by Crippen LogP contribution is -2.33. The smallest absolute Gasteiger partial charge is 0.291 e. The first-order chi connectivity index (χ1) is 12.6. The molecule has 0 unspecified atom stereocenters. The van der Waals surface area contributed by atoms with Crippen molar-refractivity contribution in [1.82, 2.24) is 20.1 Å². The van der Waals surface area contributed by atoms with E-state index >= 15 is 0 Å². The standard InChI is InChI=1S/C20H19FN4O/c1-14-23-18(24-25(14)17-9-7-16(21)8-10-17)19(26)22-13-20(11-12-20)15-5-3-2-4-6-15/h2-10H,11-13H2,1H3,(H,22,26). The molecule has 0 aliphatic heterocycles. The van der Waals surface area contributed by atoms with E-state index in [4.69, 9.17) is 0 Å². The van der Waals surface area contributed by atoms with Gasteiger partial charge in [0.05, 0.1) is 5.69 Å². The van der Waals surface area contributed by atoms with Crippen molar-refractivity contribution >= 4 is 5.91 Å². The third-order valence-corrected chi connectivity index (χ3v) is 4.87. The normalized spacial score (nSPS) is 14.8. The van der Waals surface area contributed by atoms with Crippen LogP contribution in [0.1, 0.15) is 34.8 Å². The number of amides is 1. The minimum Gasteiger partial charge on any atom is -0.348 e. The first-order valence-corrected chi connectivity index (χ1v) is 8.61. The molecule has 0 saturated heterocycles. The number of aryl methyl sites for hydroxylation is 1. The van der Waals surface area contributed by atoms with Crippen molar-refractivity contribution in [2.75, 3.05) is 6.54 Å². The van der Waals surface area contributed by atoms with Crippen molar-refractivity contribution in [2.45, 2.75) is 25.2 Å². The second-order valence-corrected chi connectivity index (χ2v) is 6.70. The molecule has 0 atom stereocenters. The lowest BCUT2D eigenvalue weighted by molar-refractivity contribution is 0.0939. The fourth-order valence-corrected chi connectivity index (χ4v) is 3.15. The Morgan fingerprint density at radius 1 is 1.15 bits per heavy atom. The zero-order chi connectivity index (χ0) is 18.1. The van der Waals surface area contributed by atoms with E-state index in [1.54, 1.807) is 23.7 Å². The molecule has 0 spiro atoms. The van der Waals surface area contributed by atoms with Crippen LogP contribution in [-0.2, 0) is 5.41 Å². The number of nitrogens with one attached hydrogen (secondary N) is 1. The molecule has 6 heteroatoms. The third kappa shape index (κ3) is 3.10. The Bertz CT molecular complexity index is 930. The average Bonchev–Trinajstić information content (AvgIpc) is 3.36. The minimum atomic E-state index is -0.319. The predicted molar refractivity (Wildman–Crippen MR) is 95.7 cm³/mol. The number of benzene rings is 2. The van der Waals surface area contributed by atoms with E-state index in [0.29, 0.717) is 18.1 Å². The number of aromatic nitrogens is 3. The van der Waals surface area contributed by atoms with Gasteiger partial charge in [-0.25, -0.2) is 14.1 Å². The number of halogens is 1. The van der Waals surface area contributed by atoms with E-state index in [1.807, 2.05) is 18.2 Å². The Balaban J connectivity index is 1.48. The van der Waals surface area contributed by atoms with Gasteiger partial charge in [0, 0.05) is 12.0 Å². The summed E-state index contributed by atoms with van der Waals surface area (Å²) in [6, 6.07) is 16.2. The van der Waals surface area contributed by atoms with E-state index in [0.717, 1.165) is 12.8 Å². The van der Waals surface area contributed by atoms with Crippen molar-refractivity contribution in [3.8, 4) is 5.69 Å². The Morgan fingerprint density at radius 3 is 2.50 bits per heavy atom. The number of carbonyl (C=O) groups is 1. The van der Waals surface area contributed by atoms with Crippen molar-refractivity contribution in [3.63, 3.8) is 0 Å². The highest BCUT2D eigenvalue weighted by Gasteiger charge is 2.44. The van der Waals surface area contributed by atoms with E-state index in [1.165, 1.54) is 17.7 Å². The minimum absolute atomic E-state index is 0.0332. The van der Waals surface area contributed by atoms with Crippen LogP contribution in [0.25, 0.3) is 5.69 Å². The molecule has 1 aliphatic carbocycles. The molecule has 0 bridgehead atoms. The quantitative estimate of drug-likeness (QED) is 0.769. The van der Waals surface area contributed by atoms with E-state index < -0.39 is 0 Å². The molecule has 0 radical (unpaired) electrons. The second-order valence-electron chi connectivity index (χ2n) is 6.70. The van der Waals surface area contributed by atoms with Crippen molar-refractivity contribution in [1.29, 1.82) is 0 Å². The van der Waals surface area contributed by atoms with Gasteiger partial charge >= 0.3 is 0 Å². The summed E-state index contributed by atoms with van der Waals surface area (Å²) in [5, 5.41) is 7.24. The molecule has 1 amide bonds. The van der Waals surface area contributed by atoms with E-state index in [9.17, 15) is 9.18 Å². The number of hydrogen-bond acceptors (Lipinski definition) is 3. The van der Waals surface area contributed by atoms with Crippen LogP contribution in [0.15, 0.2) is 54.6 Å². The highest BCUT2D eigenvalue weighted by atomic mass is 19.1. The highest BCUT2D eigenvalue weighted by molar-refractivity contribution is 5.90. The van der Waals surface area contributed by atoms with Crippen LogP contribution in [0.4, 0.5) is 4.39 Å². The number of hydrogen-bond donors (Lipinski definition) is 1. The van der Waals surface area contributed by atoms with Crippen LogP contribution < -0.4 is 5.32 Å². The summed E-state index contributed by atoms with van der Waals surface area (Å²) < 4.78 is 14.6. The summed E-state index contributed by atoms with van der Waals surface area (Å²) in [5.41, 5.74) is 1.95. The van der Waals surface area contributed by atoms with Crippen LogP contribution in [0, 0.1) is 12.7 Å². The molecule has 2 aromatic carbocycles. The van der Waals surface area contributed by atoms with Crippen LogP contribution in [0.2, 0.25) is 0 Å². The predicted octanol–water partition coefficient (Wildman–Crippen LogP) is 3.18. The molecule has 1 saturated carbocycles. The van der Waals surface area contributed by atoms with Crippen LogP contribution >= 0.6 is 0 Å². The molecule has 132 valence electrons. The molecule has 3 aromatic rings. The van der Waals surface area contributed by atoms with Gasteiger partial charge < -0.3 is 5.32 Å². The summed E-state index contributed by atoms with van der Waals surface area (Å²) in [5.74, 6) is 0.0814. The molecule has 26 heavy (non-hydrogen) atoms. The Labute approximate surface area is 150 Å². The van der Waals surface area contributed by atoms with Crippen molar-refractivity contribution in [2.24, 2.45) is 0 Å². The summed E-state index contributed by atoms with van der Waals surface area (Å²) in [7, 11) is 0. The van der Waals surface area contributed by atoms with Crippen molar-refractivity contribution < 1.29 is 9.18 Å². The first kappa shape index (κ1) is 16.4. The SMILES string of the molecule is Cc1nc(C(=O)NCC2(c3ccccc3)CC2)nn1-c1ccc(F)cc1. The molecule has 1 aromatic heterocycles. The molecule has 1 fully saturated rings. The van der Waals surface area contributed by atoms with Gasteiger partial charge in [0.2, 0.25) is 5.82 Å².